The van der Waals surface area contributed by atoms with E-state index < -0.39 is 22.9 Å². The van der Waals surface area contributed by atoms with E-state index in [1.165, 1.54) is 24.3 Å². The lowest BCUT2D eigenvalue weighted by molar-refractivity contribution is 0.0941. The van der Waals surface area contributed by atoms with Gasteiger partial charge in [0, 0.05) is 6.54 Å². The summed E-state index contributed by atoms with van der Waals surface area (Å²) in [6.07, 6.45) is 0. The number of aromatic nitrogens is 3. The molecule has 4 aromatic rings. The Balaban J connectivity index is 1.74. The summed E-state index contributed by atoms with van der Waals surface area (Å²) in [5.41, 5.74) is 1.01. The maximum absolute atomic E-state index is 13.1. The molecule has 0 aliphatic heterocycles. The first-order valence-electron chi connectivity index (χ1n) is 10.3. The molecule has 0 bridgehead atoms. The molecule has 33 heavy (non-hydrogen) atoms. The molecular formula is C25H21FN4O3. The lowest BCUT2D eigenvalue weighted by Crippen LogP contribution is -2.46. The van der Waals surface area contributed by atoms with Crippen LogP contribution in [0.1, 0.15) is 27.2 Å². The van der Waals surface area contributed by atoms with Crippen LogP contribution in [-0.2, 0) is 13.1 Å². The molecule has 8 heteroatoms. The molecule has 0 spiro atoms. The van der Waals surface area contributed by atoms with Gasteiger partial charge < -0.3 is 5.32 Å². The van der Waals surface area contributed by atoms with E-state index in [2.05, 4.69) is 10.4 Å². The van der Waals surface area contributed by atoms with Crippen molar-refractivity contribution in [2.45, 2.75) is 20.0 Å². The Kier molecular flexibility index (Phi) is 6.26. The van der Waals surface area contributed by atoms with Crippen LogP contribution < -0.4 is 16.6 Å². The Morgan fingerprint density at radius 1 is 0.909 bits per heavy atom. The van der Waals surface area contributed by atoms with Gasteiger partial charge in [-0.15, -0.1) is 0 Å². The molecule has 1 N–H and O–H groups in total. The third-order valence-corrected chi connectivity index (χ3v) is 5.10. The second-order valence-electron chi connectivity index (χ2n) is 7.56. The molecular weight excluding hydrogens is 423 g/mol. The van der Waals surface area contributed by atoms with Crippen LogP contribution >= 0.6 is 0 Å². The average Bonchev–Trinajstić information content (AvgIpc) is 2.83. The topological polar surface area (TPSA) is 86.0 Å². The highest BCUT2D eigenvalue weighted by atomic mass is 19.1. The highest BCUT2D eigenvalue weighted by Gasteiger charge is 2.20. The molecule has 0 atom stereocenters. The summed E-state index contributed by atoms with van der Waals surface area (Å²) in [6.45, 7) is 2.00. The first-order chi connectivity index (χ1) is 15.9. The van der Waals surface area contributed by atoms with Crippen LogP contribution in [0.3, 0.4) is 0 Å². The van der Waals surface area contributed by atoms with Crippen molar-refractivity contribution in [1.82, 2.24) is 19.7 Å². The molecule has 0 unspecified atom stereocenters. The Morgan fingerprint density at radius 2 is 1.55 bits per heavy atom. The first kappa shape index (κ1) is 21.9. The van der Waals surface area contributed by atoms with Gasteiger partial charge in [0.2, 0.25) is 5.69 Å². The SMILES string of the molecule is Cc1ccc(Cn2c(=O)c(C(=O)NCc3ccc(F)cc3)nn(-c3ccccc3)c2=O)cc1. The standard InChI is InChI=1S/C25H21FN4O3/c1-17-7-9-19(10-8-17)16-29-24(32)22(23(31)27-15-18-11-13-20(26)14-12-18)28-30(25(29)33)21-5-3-2-4-6-21/h2-14H,15-16H2,1H3,(H,27,31). The van der Waals surface area contributed by atoms with Crippen LogP contribution in [0, 0.1) is 12.7 Å². The first-order valence-corrected chi connectivity index (χ1v) is 10.3. The molecule has 3 aromatic carbocycles. The van der Waals surface area contributed by atoms with Gasteiger partial charge in [-0.05, 0) is 42.3 Å². The van der Waals surface area contributed by atoms with E-state index in [1.807, 2.05) is 31.2 Å². The van der Waals surface area contributed by atoms with Crippen molar-refractivity contribution in [1.29, 1.82) is 0 Å². The van der Waals surface area contributed by atoms with Gasteiger partial charge in [-0.2, -0.15) is 9.78 Å². The summed E-state index contributed by atoms with van der Waals surface area (Å²) >= 11 is 0. The molecule has 4 rings (SSSR count). The minimum Gasteiger partial charge on any atom is -0.346 e. The highest BCUT2D eigenvalue weighted by molar-refractivity contribution is 5.91. The molecule has 1 amide bonds. The van der Waals surface area contributed by atoms with Crippen LogP contribution in [0.2, 0.25) is 0 Å². The summed E-state index contributed by atoms with van der Waals surface area (Å²) in [5.74, 6) is -1.12. The van der Waals surface area contributed by atoms with Crippen LogP contribution in [0.5, 0.6) is 0 Å². The predicted molar refractivity (Wildman–Crippen MR) is 122 cm³/mol. The van der Waals surface area contributed by atoms with Crippen molar-refractivity contribution in [3.8, 4) is 5.69 Å². The summed E-state index contributed by atoms with van der Waals surface area (Å²) in [7, 11) is 0. The van der Waals surface area contributed by atoms with Crippen molar-refractivity contribution in [2.75, 3.05) is 0 Å². The number of hydrogen-bond acceptors (Lipinski definition) is 4. The molecule has 1 heterocycles. The largest absolute Gasteiger partial charge is 0.352 e. The van der Waals surface area contributed by atoms with Crippen LogP contribution in [0.4, 0.5) is 4.39 Å². The van der Waals surface area contributed by atoms with Gasteiger partial charge in [-0.1, -0.05) is 60.2 Å². The van der Waals surface area contributed by atoms with Crippen molar-refractivity contribution < 1.29 is 9.18 Å². The average molecular weight is 444 g/mol. The second-order valence-corrected chi connectivity index (χ2v) is 7.56. The fourth-order valence-corrected chi connectivity index (χ4v) is 3.28. The lowest BCUT2D eigenvalue weighted by Gasteiger charge is -2.12. The highest BCUT2D eigenvalue weighted by Crippen LogP contribution is 2.06. The smallest absolute Gasteiger partial charge is 0.346 e. The number of benzene rings is 3. The molecule has 7 nitrogen and oxygen atoms in total. The van der Waals surface area contributed by atoms with Gasteiger partial charge in [-0.25, -0.2) is 9.18 Å². The Hall–Kier alpha value is -4.33. The van der Waals surface area contributed by atoms with Crippen molar-refractivity contribution in [3.05, 3.63) is 128 Å². The number of nitrogens with one attached hydrogen (secondary N) is 1. The zero-order valence-corrected chi connectivity index (χ0v) is 17.9. The van der Waals surface area contributed by atoms with Gasteiger partial charge in [0.05, 0.1) is 12.2 Å². The predicted octanol–water partition coefficient (Wildman–Crippen LogP) is 2.82. The summed E-state index contributed by atoms with van der Waals surface area (Å²) in [4.78, 5) is 39.1. The molecule has 0 aliphatic carbocycles. The molecule has 0 aliphatic rings. The van der Waals surface area contributed by atoms with Gasteiger partial charge >= 0.3 is 5.69 Å². The number of aryl methyl sites for hydroxylation is 1. The van der Waals surface area contributed by atoms with Gasteiger partial charge in [0.15, 0.2) is 0 Å². The number of halogens is 1. The third kappa shape index (κ3) is 4.95. The van der Waals surface area contributed by atoms with E-state index in [-0.39, 0.29) is 18.9 Å². The number of nitrogens with zero attached hydrogens (tertiary/aromatic N) is 3. The van der Waals surface area contributed by atoms with Crippen molar-refractivity contribution >= 4 is 5.91 Å². The Labute approximate surface area is 188 Å². The van der Waals surface area contributed by atoms with Crippen molar-refractivity contribution in [2.24, 2.45) is 0 Å². The lowest BCUT2D eigenvalue weighted by atomic mass is 10.1. The van der Waals surface area contributed by atoms with E-state index >= 15 is 0 Å². The summed E-state index contributed by atoms with van der Waals surface area (Å²) in [5, 5.41) is 6.70. The third-order valence-electron chi connectivity index (χ3n) is 5.10. The number of para-hydroxylation sites is 1. The van der Waals surface area contributed by atoms with Crippen LogP contribution in [0.15, 0.2) is 88.5 Å². The van der Waals surface area contributed by atoms with E-state index in [0.717, 1.165) is 20.4 Å². The second kappa shape index (κ2) is 9.44. The fourth-order valence-electron chi connectivity index (χ4n) is 3.28. The van der Waals surface area contributed by atoms with Crippen LogP contribution in [-0.4, -0.2) is 20.3 Å². The number of hydrogen-bond donors (Lipinski definition) is 1. The maximum Gasteiger partial charge on any atom is 0.352 e. The molecule has 166 valence electrons. The summed E-state index contributed by atoms with van der Waals surface area (Å²) < 4.78 is 15.2. The van der Waals surface area contributed by atoms with Crippen molar-refractivity contribution in [3.63, 3.8) is 0 Å². The molecule has 1 aromatic heterocycles. The fraction of sp³-hybridized carbons (Fsp3) is 0.120. The molecule has 0 saturated carbocycles. The zero-order chi connectivity index (χ0) is 23.4. The molecule has 0 radical (unpaired) electrons. The number of carbonyl (C=O) groups excluding carboxylic acids is 1. The van der Waals surface area contributed by atoms with E-state index in [1.54, 1.807) is 30.3 Å². The number of carbonyl (C=O) groups is 1. The quantitative estimate of drug-likeness (QED) is 0.496. The number of rotatable bonds is 6. The molecule has 0 fully saturated rings. The minimum absolute atomic E-state index is 0.00839. The van der Waals surface area contributed by atoms with Gasteiger partial charge in [-0.3, -0.25) is 14.2 Å². The summed E-state index contributed by atoms with van der Waals surface area (Å²) in [6, 6.07) is 21.6. The van der Waals surface area contributed by atoms with E-state index in [9.17, 15) is 18.8 Å². The number of amides is 1. The van der Waals surface area contributed by atoms with Crippen LogP contribution in [0.25, 0.3) is 5.69 Å². The maximum atomic E-state index is 13.1. The minimum atomic E-state index is -0.788. The normalized spacial score (nSPS) is 10.7. The van der Waals surface area contributed by atoms with E-state index in [4.69, 9.17) is 0 Å². The zero-order valence-electron chi connectivity index (χ0n) is 17.9. The van der Waals surface area contributed by atoms with Gasteiger partial charge in [0.1, 0.15) is 5.82 Å². The Morgan fingerprint density at radius 3 is 2.21 bits per heavy atom. The van der Waals surface area contributed by atoms with Gasteiger partial charge in [0.25, 0.3) is 11.5 Å². The van der Waals surface area contributed by atoms with E-state index in [0.29, 0.717) is 11.3 Å². The Bertz CT molecular complexity index is 1390. The molecule has 0 saturated heterocycles. The monoisotopic (exact) mass is 444 g/mol.